The monoisotopic (exact) mass is 673 g/mol. The summed E-state index contributed by atoms with van der Waals surface area (Å²) in [7, 11) is 0. The lowest BCUT2D eigenvalue weighted by Gasteiger charge is -2.25. The van der Waals surface area contributed by atoms with Crippen molar-refractivity contribution in [2.24, 2.45) is 0 Å². The van der Waals surface area contributed by atoms with Crippen LogP contribution >= 0.6 is 0 Å². The number of anilines is 3. The Morgan fingerprint density at radius 3 is 1.17 bits per heavy atom. The van der Waals surface area contributed by atoms with Gasteiger partial charge >= 0.3 is 0 Å². The molecule has 0 fully saturated rings. The summed E-state index contributed by atoms with van der Waals surface area (Å²) in [6.07, 6.45) is 0. The van der Waals surface area contributed by atoms with Crippen molar-refractivity contribution in [3.05, 3.63) is 212 Å². The third-order valence-corrected chi connectivity index (χ3v) is 10.6. The number of nitrogens with zero attached hydrogens (tertiary/aromatic N) is 1. The maximum Gasteiger partial charge on any atom is 0.0462 e. The van der Waals surface area contributed by atoms with E-state index in [4.69, 9.17) is 0 Å². The second-order valence-corrected chi connectivity index (χ2v) is 13.7. The molecule has 0 aliphatic heterocycles. The summed E-state index contributed by atoms with van der Waals surface area (Å²) in [5.74, 6) is 0. The molecule has 0 atom stereocenters. The van der Waals surface area contributed by atoms with E-state index in [1.807, 2.05) is 0 Å². The average Bonchev–Trinajstić information content (AvgIpc) is 3.23. The van der Waals surface area contributed by atoms with E-state index in [-0.39, 0.29) is 0 Å². The first-order chi connectivity index (χ1) is 26.3. The molecule has 0 saturated carbocycles. The van der Waals surface area contributed by atoms with Crippen molar-refractivity contribution in [2.75, 3.05) is 4.90 Å². The molecule has 0 saturated heterocycles. The van der Waals surface area contributed by atoms with E-state index in [2.05, 4.69) is 217 Å². The molecule has 0 bridgehead atoms. The molecular formula is C52H35N. The summed E-state index contributed by atoms with van der Waals surface area (Å²) in [5.41, 5.74) is 10.7. The van der Waals surface area contributed by atoms with Gasteiger partial charge in [0, 0.05) is 17.1 Å². The van der Waals surface area contributed by atoms with Gasteiger partial charge in [-0.1, -0.05) is 158 Å². The van der Waals surface area contributed by atoms with Gasteiger partial charge in [-0.15, -0.1) is 0 Å². The summed E-state index contributed by atoms with van der Waals surface area (Å²) in [5, 5.41) is 10.0. The Kier molecular flexibility index (Phi) is 7.55. The highest BCUT2D eigenvalue weighted by Crippen LogP contribution is 2.46. The zero-order valence-corrected chi connectivity index (χ0v) is 29.2. The fraction of sp³-hybridized carbons (Fsp3) is 0. The Balaban J connectivity index is 1.19. The van der Waals surface area contributed by atoms with Gasteiger partial charge in [0.25, 0.3) is 0 Å². The SMILES string of the molecule is c1ccc(N(c2ccccc2)c2ccc(-c3ccc4c(-c5ccc6ccccc6c5)c5ccccc5c(-c5ccc6ccccc6c5)c4c3)cc2)cc1. The number of fused-ring (bicyclic) bond motifs is 4. The minimum atomic E-state index is 1.12. The number of hydrogen-bond donors (Lipinski definition) is 0. The molecule has 53 heavy (non-hydrogen) atoms. The van der Waals surface area contributed by atoms with Crippen LogP contribution in [-0.2, 0) is 0 Å². The third-order valence-electron chi connectivity index (χ3n) is 10.6. The first kappa shape index (κ1) is 30.8. The number of para-hydroxylation sites is 2. The van der Waals surface area contributed by atoms with Crippen molar-refractivity contribution in [2.45, 2.75) is 0 Å². The van der Waals surface area contributed by atoms with E-state index in [9.17, 15) is 0 Å². The summed E-state index contributed by atoms with van der Waals surface area (Å²) >= 11 is 0. The molecule has 0 spiro atoms. The van der Waals surface area contributed by atoms with Gasteiger partial charge in [-0.05, 0) is 131 Å². The van der Waals surface area contributed by atoms with Crippen molar-refractivity contribution in [1.82, 2.24) is 0 Å². The van der Waals surface area contributed by atoms with E-state index in [0.29, 0.717) is 0 Å². The largest absolute Gasteiger partial charge is 0.311 e. The molecule has 0 aliphatic rings. The Bertz CT molecular complexity index is 2890. The van der Waals surface area contributed by atoms with Gasteiger partial charge in [0.2, 0.25) is 0 Å². The lowest BCUT2D eigenvalue weighted by Crippen LogP contribution is -2.09. The molecular weight excluding hydrogens is 639 g/mol. The molecule has 248 valence electrons. The molecule has 0 aromatic heterocycles. The second-order valence-electron chi connectivity index (χ2n) is 13.7. The molecule has 0 unspecified atom stereocenters. The predicted octanol–water partition coefficient (Wildman–Crippen LogP) is 14.8. The highest BCUT2D eigenvalue weighted by atomic mass is 15.1. The Hall–Kier alpha value is -6.96. The number of hydrogen-bond acceptors (Lipinski definition) is 1. The number of benzene rings is 10. The van der Waals surface area contributed by atoms with Crippen LogP contribution in [0.3, 0.4) is 0 Å². The molecule has 0 radical (unpaired) electrons. The van der Waals surface area contributed by atoms with Crippen molar-refractivity contribution in [1.29, 1.82) is 0 Å². The van der Waals surface area contributed by atoms with Crippen LogP contribution in [0.5, 0.6) is 0 Å². The van der Waals surface area contributed by atoms with Gasteiger partial charge in [0.1, 0.15) is 0 Å². The van der Waals surface area contributed by atoms with Gasteiger partial charge in [-0.2, -0.15) is 0 Å². The minimum absolute atomic E-state index is 1.12. The molecule has 1 nitrogen and oxygen atoms in total. The average molecular weight is 674 g/mol. The maximum absolute atomic E-state index is 2.41. The van der Waals surface area contributed by atoms with Crippen LogP contribution in [0.1, 0.15) is 0 Å². The Morgan fingerprint density at radius 1 is 0.226 bits per heavy atom. The molecule has 10 aromatic carbocycles. The zero-order valence-electron chi connectivity index (χ0n) is 29.2. The molecule has 0 heterocycles. The van der Waals surface area contributed by atoms with Crippen molar-refractivity contribution in [3.63, 3.8) is 0 Å². The number of rotatable bonds is 6. The van der Waals surface area contributed by atoms with Crippen molar-refractivity contribution in [3.8, 4) is 33.4 Å². The van der Waals surface area contributed by atoms with Crippen molar-refractivity contribution < 1.29 is 0 Å². The standard InChI is InChI=1S/C52H35N/c1-3-17-44(18-4-1)53(45-19-5-2-6-20-45)46-30-27-38(28-31-46)41-29-32-49-50(35-41)52(43-26-24-37-14-8-10-16-40(37)34-43)48-22-12-11-21-47(48)51(49)42-25-23-36-13-7-9-15-39(36)33-42/h1-35H. The van der Waals surface area contributed by atoms with Crippen LogP contribution in [0.15, 0.2) is 212 Å². The van der Waals surface area contributed by atoms with E-state index >= 15 is 0 Å². The van der Waals surface area contributed by atoms with Crippen LogP contribution in [-0.4, -0.2) is 0 Å². The maximum atomic E-state index is 2.41. The first-order valence-electron chi connectivity index (χ1n) is 18.3. The minimum Gasteiger partial charge on any atom is -0.311 e. The summed E-state index contributed by atoms with van der Waals surface area (Å²) in [4.78, 5) is 2.31. The van der Waals surface area contributed by atoms with E-state index in [1.165, 1.54) is 76.5 Å². The van der Waals surface area contributed by atoms with Gasteiger partial charge in [0.05, 0.1) is 0 Å². The third kappa shape index (κ3) is 5.51. The van der Waals surface area contributed by atoms with Crippen LogP contribution in [0, 0.1) is 0 Å². The van der Waals surface area contributed by atoms with E-state index < -0.39 is 0 Å². The zero-order chi connectivity index (χ0) is 35.1. The van der Waals surface area contributed by atoms with Crippen molar-refractivity contribution >= 4 is 60.2 Å². The Labute approximate surface area is 309 Å². The van der Waals surface area contributed by atoms with Crippen LogP contribution < -0.4 is 4.90 Å². The fourth-order valence-electron chi connectivity index (χ4n) is 8.07. The first-order valence-corrected chi connectivity index (χ1v) is 18.3. The lowest BCUT2D eigenvalue weighted by molar-refractivity contribution is 1.28. The molecule has 10 rings (SSSR count). The summed E-state index contributed by atoms with van der Waals surface area (Å²) < 4.78 is 0. The Morgan fingerprint density at radius 2 is 0.623 bits per heavy atom. The summed E-state index contributed by atoms with van der Waals surface area (Å²) in [6.45, 7) is 0. The van der Waals surface area contributed by atoms with E-state index in [0.717, 1.165) is 17.1 Å². The highest BCUT2D eigenvalue weighted by molar-refractivity contribution is 6.22. The quantitative estimate of drug-likeness (QED) is 0.159. The normalized spacial score (nSPS) is 11.4. The lowest BCUT2D eigenvalue weighted by atomic mass is 9.84. The highest BCUT2D eigenvalue weighted by Gasteiger charge is 2.19. The van der Waals surface area contributed by atoms with Gasteiger partial charge in [-0.25, -0.2) is 0 Å². The van der Waals surface area contributed by atoms with E-state index in [1.54, 1.807) is 0 Å². The molecule has 1 heteroatoms. The molecule has 0 amide bonds. The smallest absolute Gasteiger partial charge is 0.0462 e. The van der Waals surface area contributed by atoms with Gasteiger partial charge in [0.15, 0.2) is 0 Å². The predicted molar refractivity (Wildman–Crippen MR) is 227 cm³/mol. The summed E-state index contributed by atoms with van der Waals surface area (Å²) in [6, 6.07) is 77.3. The topological polar surface area (TPSA) is 3.24 Å². The fourth-order valence-corrected chi connectivity index (χ4v) is 8.07. The van der Waals surface area contributed by atoms with Gasteiger partial charge in [-0.3, -0.25) is 0 Å². The van der Waals surface area contributed by atoms with Crippen LogP contribution in [0.2, 0.25) is 0 Å². The second kappa shape index (κ2) is 13.0. The molecule has 10 aromatic rings. The van der Waals surface area contributed by atoms with Gasteiger partial charge < -0.3 is 4.90 Å². The molecule has 0 N–H and O–H groups in total. The van der Waals surface area contributed by atoms with Crippen LogP contribution in [0.25, 0.3) is 76.5 Å². The van der Waals surface area contributed by atoms with Crippen LogP contribution in [0.4, 0.5) is 17.1 Å². The molecule has 0 aliphatic carbocycles.